The Balaban J connectivity index is 0. The van der Waals surface area contributed by atoms with E-state index in [0.29, 0.717) is 13.1 Å². The SMILES string of the molecule is C1CCOC1.CCCCCC.CCN(CC)CCN(Cc1cc(C(C)(C)C)cc(C(C)(C)C)c1[O-])Cc1cc(C(C)(C)C)cc(C(C)(C)C)c1[O-].[CH2-][Si](C)(C)C.[Y+3]. The van der Waals surface area contributed by atoms with Gasteiger partial charge in [-0.05, 0) is 81.0 Å². The van der Waals surface area contributed by atoms with E-state index in [9.17, 15) is 10.2 Å². The Morgan fingerprint density at radius 2 is 0.895 bits per heavy atom. The monoisotopic (exact) mass is 885 g/mol. The smallest absolute Gasteiger partial charge is 0.872 e. The molecule has 0 saturated carbocycles. The summed E-state index contributed by atoms with van der Waals surface area (Å²) in [4.78, 5) is 4.73. The predicted molar refractivity (Wildman–Crippen MR) is 247 cm³/mol. The summed E-state index contributed by atoms with van der Waals surface area (Å²) in [7, 11) is -0.861. The average molecular weight is 885 g/mol. The second-order valence-corrected chi connectivity index (χ2v) is 26.5. The molecular formula is C50H91N2O3SiY. The van der Waals surface area contributed by atoms with E-state index < -0.39 is 8.07 Å². The van der Waals surface area contributed by atoms with Crippen molar-refractivity contribution in [2.45, 2.75) is 204 Å². The number of likely N-dealkylation sites (N-methyl/N-ethyl adjacent to an activating group) is 1. The maximum atomic E-state index is 13.9. The van der Waals surface area contributed by atoms with Crippen LogP contribution in [0.15, 0.2) is 24.3 Å². The van der Waals surface area contributed by atoms with Crippen LogP contribution >= 0.6 is 0 Å². The van der Waals surface area contributed by atoms with Crippen molar-refractivity contribution in [3.05, 3.63) is 64.2 Å². The van der Waals surface area contributed by atoms with Crippen LogP contribution in [0.2, 0.25) is 19.6 Å². The van der Waals surface area contributed by atoms with Gasteiger partial charge in [0.1, 0.15) is 0 Å². The van der Waals surface area contributed by atoms with E-state index in [2.05, 4.69) is 171 Å². The van der Waals surface area contributed by atoms with E-state index in [-0.39, 0.29) is 65.9 Å². The molecule has 7 heteroatoms. The van der Waals surface area contributed by atoms with Crippen molar-refractivity contribution in [2.75, 3.05) is 39.4 Å². The zero-order chi connectivity index (χ0) is 43.7. The molecule has 1 heterocycles. The Morgan fingerprint density at radius 3 is 1.12 bits per heavy atom. The summed E-state index contributed by atoms with van der Waals surface area (Å²) in [6.07, 6.45) is 8.09. The number of rotatable bonds is 12. The fraction of sp³-hybridized carbons (Fsp3) is 0.740. The molecule has 5 nitrogen and oxygen atoms in total. The maximum Gasteiger partial charge on any atom is 3.00 e. The van der Waals surface area contributed by atoms with Crippen molar-refractivity contribution in [2.24, 2.45) is 0 Å². The Kier molecular flexibility index (Phi) is 27.2. The number of benzene rings is 2. The molecule has 0 aromatic heterocycles. The van der Waals surface area contributed by atoms with E-state index in [1.807, 2.05) is 0 Å². The van der Waals surface area contributed by atoms with Crippen LogP contribution in [0.3, 0.4) is 0 Å². The standard InChI is InChI=1S/C36H60N2O2.C6H14.C4H8O.C4H11Si.Y/c1-15-37(16-2)17-18-38(23-25-19-27(33(3,4)5)21-29(31(25)39)35(9,10)11)24-26-20-28(34(6,7)8)22-30(32(26)40)36(12,13)14;1-3-5-6-4-2;1-2-4-5-3-1;1-5(2,3)4;/h19-22,39-40H,15-18,23-24H2,1-14H3;3-6H2,1-2H3;1-4H2;1H2,2-4H3;/q;;;-1;+3/p-2. The first-order valence-electron chi connectivity index (χ1n) is 22.1. The van der Waals surface area contributed by atoms with E-state index in [1.165, 1.54) is 49.7 Å². The summed E-state index contributed by atoms with van der Waals surface area (Å²) in [5, 5.41) is 27.7. The van der Waals surface area contributed by atoms with E-state index >= 15 is 0 Å². The number of nitrogens with zero attached hydrogens (tertiary/aromatic N) is 2. The van der Waals surface area contributed by atoms with Gasteiger partial charge in [-0.2, -0.15) is 0 Å². The van der Waals surface area contributed by atoms with Crippen molar-refractivity contribution >= 4 is 8.07 Å². The van der Waals surface area contributed by atoms with Gasteiger partial charge >= 0.3 is 32.7 Å². The van der Waals surface area contributed by atoms with Gasteiger partial charge in [-0.3, -0.25) is 4.90 Å². The summed E-state index contributed by atoms with van der Waals surface area (Å²) in [5.74, 6) is 0.268. The summed E-state index contributed by atoms with van der Waals surface area (Å²) < 4.78 is 4.94. The molecule has 0 atom stereocenters. The molecule has 2 aromatic carbocycles. The van der Waals surface area contributed by atoms with Gasteiger partial charge in [-0.25, -0.2) is 0 Å². The minimum atomic E-state index is -0.861. The molecule has 1 aliphatic heterocycles. The van der Waals surface area contributed by atoms with E-state index in [0.717, 1.165) is 61.6 Å². The molecule has 0 radical (unpaired) electrons. The predicted octanol–water partition coefficient (Wildman–Crippen LogP) is 12.4. The van der Waals surface area contributed by atoms with Gasteiger partial charge < -0.3 is 26.4 Å². The number of hydrogen-bond donors (Lipinski definition) is 0. The molecule has 0 N–H and O–H groups in total. The molecule has 1 aliphatic rings. The molecule has 0 aliphatic carbocycles. The molecule has 57 heavy (non-hydrogen) atoms. The fourth-order valence-electron chi connectivity index (χ4n) is 6.12. The van der Waals surface area contributed by atoms with Crippen LogP contribution in [0.4, 0.5) is 0 Å². The second kappa shape index (κ2) is 26.5. The van der Waals surface area contributed by atoms with Crippen LogP contribution in [0.5, 0.6) is 11.5 Å². The summed E-state index contributed by atoms with van der Waals surface area (Å²) in [6.45, 7) is 52.0. The average Bonchev–Trinajstić information content (AvgIpc) is 3.64. The van der Waals surface area contributed by atoms with Crippen LogP contribution in [0, 0.1) is 6.55 Å². The molecule has 1 fully saturated rings. The number of hydrogen-bond acceptors (Lipinski definition) is 5. The Bertz CT molecular complexity index is 1280. The third kappa shape index (κ3) is 24.3. The number of unbranched alkanes of at least 4 members (excludes halogenated alkanes) is 3. The largest absolute Gasteiger partial charge is 3.00 e. The fourth-order valence-corrected chi connectivity index (χ4v) is 6.12. The van der Waals surface area contributed by atoms with Gasteiger partial charge in [0.2, 0.25) is 0 Å². The normalized spacial score (nSPS) is 13.6. The van der Waals surface area contributed by atoms with Crippen molar-refractivity contribution < 1.29 is 47.7 Å². The summed E-state index contributed by atoms with van der Waals surface area (Å²) in [5.41, 5.74) is 5.13. The van der Waals surface area contributed by atoms with Crippen molar-refractivity contribution in [1.29, 1.82) is 0 Å². The van der Waals surface area contributed by atoms with Crippen molar-refractivity contribution in [1.82, 2.24) is 9.80 Å². The minimum absolute atomic E-state index is 0. The van der Waals surface area contributed by atoms with Gasteiger partial charge in [-0.15, -0.1) is 19.6 Å². The summed E-state index contributed by atoms with van der Waals surface area (Å²) >= 11 is 0. The van der Waals surface area contributed by atoms with E-state index in [1.54, 1.807) is 0 Å². The molecule has 0 amide bonds. The van der Waals surface area contributed by atoms with Crippen LogP contribution in [0.1, 0.15) is 183 Å². The molecule has 0 unspecified atom stereocenters. The van der Waals surface area contributed by atoms with Crippen LogP contribution in [-0.2, 0) is 72.2 Å². The first-order valence-corrected chi connectivity index (χ1v) is 25.8. The van der Waals surface area contributed by atoms with Crippen molar-refractivity contribution in [3.8, 4) is 11.5 Å². The van der Waals surface area contributed by atoms with Crippen LogP contribution in [0.25, 0.3) is 0 Å². The molecule has 2 aromatic rings. The zero-order valence-corrected chi connectivity index (χ0v) is 45.0. The van der Waals surface area contributed by atoms with Crippen LogP contribution < -0.4 is 10.2 Å². The Hall–Kier alpha value is -0.759. The van der Waals surface area contributed by atoms with Gasteiger partial charge in [0, 0.05) is 39.4 Å². The Morgan fingerprint density at radius 1 is 0.579 bits per heavy atom. The van der Waals surface area contributed by atoms with Gasteiger partial charge in [-0.1, -0.05) is 180 Å². The van der Waals surface area contributed by atoms with Crippen molar-refractivity contribution in [3.63, 3.8) is 0 Å². The second-order valence-electron chi connectivity index (χ2n) is 21.3. The minimum Gasteiger partial charge on any atom is -0.872 e. The van der Waals surface area contributed by atoms with Gasteiger partial charge in [0.25, 0.3) is 0 Å². The Labute approximate surface area is 381 Å². The first-order chi connectivity index (χ1) is 25.5. The quantitative estimate of drug-likeness (QED) is 0.121. The molecular weight excluding hydrogens is 794 g/mol. The molecule has 1 saturated heterocycles. The zero-order valence-electron chi connectivity index (χ0n) is 41.1. The number of ether oxygens (including phenoxy) is 1. The maximum absolute atomic E-state index is 13.9. The van der Waals surface area contributed by atoms with Gasteiger partial charge in [0.15, 0.2) is 0 Å². The third-order valence-corrected chi connectivity index (χ3v) is 9.88. The first kappa shape index (κ1) is 58.3. The molecule has 326 valence electrons. The van der Waals surface area contributed by atoms with Gasteiger partial charge in [0.05, 0.1) is 0 Å². The molecule has 0 bridgehead atoms. The third-order valence-electron chi connectivity index (χ3n) is 9.88. The molecule has 0 spiro atoms. The summed E-state index contributed by atoms with van der Waals surface area (Å²) in [6, 6.07) is 8.47. The van der Waals surface area contributed by atoms with Crippen LogP contribution in [-0.4, -0.2) is 57.3 Å². The topological polar surface area (TPSA) is 61.8 Å². The molecule has 3 rings (SSSR count). The van der Waals surface area contributed by atoms with E-state index in [4.69, 9.17) is 4.74 Å².